The third-order valence-electron chi connectivity index (χ3n) is 4.60. The maximum Gasteiger partial charge on any atom is 0.226 e. The Balaban J connectivity index is 1.77. The number of rotatable bonds is 6. The molecule has 26 heavy (non-hydrogen) atoms. The molecule has 136 valence electrons. The first-order chi connectivity index (χ1) is 12.5. The zero-order valence-corrected chi connectivity index (χ0v) is 16.2. The van der Waals surface area contributed by atoms with Crippen molar-refractivity contribution in [3.05, 3.63) is 70.6 Å². The van der Waals surface area contributed by atoms with E-state index in [2.05, 4.69) is 36.0 Å². The Morgan fingerprint density at radius 1 is 1.19 bits per heavy atom. The number of ether oxygens (including phenoxy) is 1. The molecule has 0 aliphatic carbocycles. The fraction of sp³-hybridized carbons (Fsp3) is 0.286. The summed E-state index contributed by atoms with van der Waals surface area (Å²) in [7, 11) is 3.76. The second kappa shape index (κ2) is 7.94. The molecule has 0 fully saturated rings. The van der Waals surface area contributed by atoms with Gasteiger partial charge in [-0.25, -0.2) is 4.98 Å². The van der Waals surface area contributed by atoms with Crippen LogP contribution in [0.4, 0.5) is 0 Å². The van der Waals surface area contributed by atoms with Gasteiger partial charge >= 0.3 is 0 Å². The molecular formula is C21H23ClN2O2. The summed E-state index contributed by atoms with van der Waals surface area (Å²) < 4.78 is 11.2. The third-order valence-corrected chi connectivity index (χ3v) is 4.84. The highest BCUT2D eigenvalue weighted by Crippen LogP contribution is 2.27. The second-order valence-corrected chi connectivity index (χ2v) is 6.84. The van der Waals surface area contributed by atoms with Gasteiger partial charge in [-0.1, -0.05) is 29.8 Å². The van der Waals surface area contributed by atoms with Crippen molar-refractivity contribution in [1.82, 2.24) is 9.88 Å². The van der Waals surface area contributed by atoms with Crippen LogP contribution in [0.5, 0.6) is 5.75 Å². The summed E-state index contributed by atoms with van der Waals surface area (Å²) in [5.74, 6) is 2.29. The predicted octanol–water partition coefficient (Wildman–Crippen LogP) is 5.51. The van der Waals surface area contributed by atoms with E-state index in [9.17, 15) is 0 Å². The topological polar surface area (TPSA) is 38.5 Å². The van der Waals surface area contributed by atoms with Gasteiger partial charge in [-0.2, -0.15) is 0 Å². The fourth-order valence-corrected chi connectivity index (χ4v) is 3.04. The third kappa shape index (κ3) is 4.09. The average molecular weight is 371 g/mol. The van der Waals surface area contributed by atoms with Crippen molar-refractivity contribution in [1.29, 1.82) is 0 Å². The van der Waals surface area contributed by atoms with Crippen LogP contribution in [0, 0.1) is 6.92 Å². The number of benzene rings is 2. The van der Waals surface area contributed by atoms with Crippen LogP contribution in [0.1, 0.15) is 30.0 Å². The standard InChI is InChI=1S/C21H23ClN2O2/c1-14(16-7-6-10-19(12-16)25-4)24(3)13-20-15(2)26-21(23-20)17-8-5-9-18(22)11-17/h5-12,14H,13H2,1-4H3/t14-/m1/s1. The quantitative estimate of drug-likeness (QED) is 0.573. The Kier molecular flexibility index (Phi) is 5.64. The van der Waals surface area contributed by atoms with Gasteiger partial charge in [0.1, 0.15) is 11.5 Å². The lowest BCUT2D eigenvalue weighted by molar-refractivity contribution is 0.248. The smallest absolute Gasteiger partial charge is 0.226 e. The van der Waals surface area contributed by atoms with Crippen LogP contribution < -0.4 is 4.74 Å². The number of oxazole rings is 1. The van der Waals surface area contributed by atoms with Gasteiger partial charge in [0, 0.05) is 23.2 Å². The van der Waals surface area contributed by atoms with Gasteiger partial charge in [-0.15, -0.1) is 0 Å². The monoisotopic (exact) mass is 370 g/mol. The molecule has 0 radical (unpaired) electrons. The Morgan fingerprint density at radius 3 is 2.69 bits per heavy atom. The number of aryl methyl sites for hydroxylation is 1. The van der Waals surface area contributed by atoms with Crippen molar-refractivity contribution in [2.75, 3.05) is 14.2 Å². The molecule has 1 aromatic heterocycles. The minimum atomic E-state index is 0.218. The van der Waals surface area contributed by atoms with E-state index in [-0.39, 0.29) is 6.04 Å². The summed E-state index contributed by atoms with van der Waals surface area (Å²) in [6, 6.07) is 15.9. The van der Waals surface area contributed by atoms with Gasteiger partial charge in [0.25, 0.3) is 0 Å². The molecule has 0 aliphatic heterocycles. The van der Waals surface area contributed by atoms with Gasteiger partial charge in [-0.05, 0) is 56.8 Å². The van der Waals surface area contributed by atoms with Crippen molar-refractivity contribution in [2.45, 2.75) is 26.4 Å². The van der Waals surface area contributed by atoms with E-state index in [0.29, 0.717) is 17.5 Å². The molecule has 0 saturated carbocycles. The van der Waals surface area contributed by atoms with Crippen LogP contribution in [0.2, 0.25) is 5.02 Å². The second-order valence-electron chi connectivity index (χ2n) is 6.40. The molecule has 1 atom stereocenters. The molecule has 0 unspecified atom stereocenters. The Labute approximate surface area is 159 Å². The van der Waals surface area contributed by atoms with Gasteiger partial charge in [0.2, 0.25) is 5.89 Å². The van der Waals surface area contributed by atoms with Crippen molar-refractivity contribution in [3.63, 3.8) is 0 Å². The zero-order chi connectivity index (χ0) is 18.7. The van der Waals surface area contributed by atoms with E-state index in [1.165, 1.54) is 5.56 Å². The molecule has 3 aromatic rings. The molecule has 5 heteroatoms. The predicted molar refractivity (Wildman–Crippen MR) is 105 cm³/mol. The molecule has 3 rings (SSSR count). The lowest BCUT2D eigenvalue weighted by Gasteiger charge is -2.24. The summed E-state index contributed by atoms with van der Waals surface area (Å²) in [5.41, 5.74) is 3.01. The highest BCUT2D eigenvalue weighted by atomic mass is 35.5. The van der Waals surface area contributed by atoms with Crippen molar-refractivity contribution in [2.24, 2.45) is 0 Å². The molecule has 0 spiro atoms. The summed E-state index contributed by atoms with van der Waals surface area (Å²) in [5, 5.41) is 0.670. The maximum absolute atomic E-state index is 6.07. The highest BCUT2D eigenvalue weighted by molar-refractivity contribution is 6.30. The summed E-state index contributed by atoms with van der Waals surface area (Å²) in [6.45, 7) is 4.80. The van der Waals surface area contributed by atoms with Crippen molar-refractivity contribution in [3.8, 4) is 17.2 Å². The van der Waals surface area contributed by atoms with Gasteiger partial charge in [0.05, 0.1) is 12.8 Å². The fourth-order valence-electron chi connectivity index (χ4n) is 2.85. The number of nitrogens with zero attached hydrogens (tertiary/aromatic N) is 2. The molecule has 0 N–H and O–H groups in total. The van der Waals surface area contributed by atoms with Crippen LogP contribution in [-0.4, -0.2) is 24.0 Å². The van der Waals surface area contributed by atoms with E-state index < -0.39 is 0 Å². The number of halogens is 1. The highest BCUT2D eigenvalue weighted by Gasteiger charge is 2.18. The van der Waals surface area contributed by atoms with Crippen LogP contribution >= 0.6 is 11.6 Å². The molecule has 0 saturated heterocycles. The number of hydrogen-bond donors (Lipinski definition) is 0. The normalized spacial score (nSPS) is 12.4. The summed E-state index contributed by atoms with van der Waals surface area (Å²) >= 11 is 6.07. The summed E-state index contributed by atoms with van der Waals surface area (Å²) in [4.78, 5) is 6.92. The van der Waals surface area contributed by atoms with Gasteiger partial charge in [-0.3, -0.25) is 4.90 Å². The van der Waals surface area contributed by atoms with Crippen molar-refractivity contribution < 1.29 is 9.15 Å². The van der Waals surface area contributed by atoms with E-state index >= 15 is 0 Å². The lowest BCUT2D eigenvalue weighted by atomic mass is 10.1. The van der Waals surface area contributed by atoms with Gasteiger partial charge < -0.3 is 9.15 Å². The summed E-state index contributed by atoms with van der Waals surface area (Å²) in [6.07, 6.45) is 0. The average Bonchev–Trinajstić information content (AvgIpc) is 3.01. The van der Waals surface area contributed by atoms with Crippen LogP contribution in [0.15, 0.2) is 52.9 Å². The molecule has 0 bridgehead atoms. The van der Waals surface area contributed by atoms with Crippen LogP contribution in [-0.2, 0) is 6.54 Å². The molecule has 0 amide bonds. The molecule has 4 nitrogen and oxygen atoms in total. The maximum atomic E-state index is 6.07. The van der Waals surface area contributed by atoms with Gasteiger partial charge in [0.15, 0.2) is 0 Å². The van der Waals surface area contributed by atoms with E-state index in [1.54, 1.807) is 7.11 Å². The Bertz CT molecular complexity index is 891. The minimum absolute atomic E-state index is 0.218. The van der Waals surface area contributed by atoms with E-state index in [0.717, 1.165) is 22.8 Å². The van der Waals surface area contributed by atoms with Crippen molar-refractivity contribution >= 4 is 11.6 Å². The molecule has 2 aromatic carbocycles. The van der Waals surface area contributed by atoms with Crippen LogP contribution in [0.25, 0.3) is 11.5 Å². The number of aromatic nitrogens is 1. The first kappa shape index (κ1) is 18.5. The molecule has 1 heterocycles. The SMILES string of the molecule is COc1cccc([C@@H](C)N(C)Cc2nc(-c3cccc(Cl)c3)oc2C)c1. The van der Waals surface area contributed by atoms with E-state index in [1.807, 2.05) is 43.3 Å². The first-order valence-electron chi connectivity index (χ1n) is 8.54. The minimum Gasteiger partial charge on any atom is -0.497 e. The van der Waals surface area contributed by atoms with Crippen LogP contribution in [0.3, 0.4) is 0 Å². The largest absolute Gasteiger partial charge is 0.497 e. The Morgan fingerprint density at radius 2 is 1.96 bits per heavy atom. The number of methoxy groups -OCH3 is 1. The zero-order valence-electron chi connectivity index (χ0n) is 15.5. The Hall–Kier alpha value is -2.30. The lowest BCUT2D eigenvalue weighted by Crippen LogP contribution is -2.22. The molecular weight excluding hydrogens is 348 g/mol. The van der Waals surface area contributed by atoms with E-state index in [4.69, 9.17) is 20.8 Å². The number of hydrogen-bond acceptors (Lipinski definition) is 4. The molecule has 0 aliphatic rings. The first-order valence-corrected chi connectivity index (χ1v) is 8.92.